The summed E-state index contributed by atoms with van der Waals surface area (Å²) in [6.07, 6.45) is 2.34. The highest BCUT2D eigenvalue weighted by Gasteiger charge is 2.32. The normalized spacial score (nSPS) is 33.2. The second kappa shape index (κ2) is 4.94. The molecule has 1 heterocycles. The molecule has 13 heavy (non-hydrogen) atoms. The summed E-state index contributed by atoms with van der Waals surface area (Å²) in [4.78, 5) is 0. The van der Waals surface area contributed by atoms with E-state index >= 15 is 0 Å². The fourth-order valence-electron chi connectivity index (χ4n) is 1.78. The minimum Gasteiger partial charge on any atom is -0.390 e. The first-order chi connectivity index (χ1) is 6.19. The van der Waals surface area contributed by atoms with Gasteiger partial charge in [0.25, 0.3) is 0 Å². The zero-order valence-electron chi connectivity index (χ0n) is 8.44. The van der Waals surface area contributed by atoms with Crippen LogP contribution in [0.1, 0.15) is 39.5 Å². The van der Waals surface area contributed by atoms with Gasteiger partial charge < -0.3 is 14.9 Å². The highest BCUT2D eigenvalue weighted by Crippen LogP contribution is 2.26. The van der Waals surface area contributed by atoms with Crippen molar-refractivity contribution in [2.45, 2.75) is 63.9 Å². The predicted octanol–water partition coefficient (Wildman–Crippen LogP) is 1.08. The first-order valence-electron chi connectivity index (χ1n) is 5.20. The molecule has 4 atom stereocenters. The molecule has 3 nitrogen and oxygen atoms in total. The molecule has 1 aliphatic rings. The fourth-order valence-corrected chi connectivity index (χ4v) is 1.78. The summed E-state index contributed by atoms with van der Waals surface area (Å²) in [5.41, 5.74) is 0. The third-order valence-electron chi connectivity index (χ3n) is 2.78. The van der Waals surface area contributed by atoms with Gasteiger partial charge in [0.05, 0.1) is 24.4 Å². The molecule has 78 valence electrons. The summed E-state index contributed by atoms with van der Waals surface area (Å²) in [6, 6.07) is 0. The lowest BCUT2D eigenvalue weighted by Crippen LogP contribution is -2.30. The Hall–Kier alpha value is -0.120. The van der Waals surface area contributed by atoms with Crippen LogP contribution in [0.15, 0.2) is 0 Å². The van der Waals surface area contributed by atoms with Gasteiger partial charge in [-0.3, -0.25) is 0 Å². The Morgan fingerprint density at radius 3 is 1.77 bits per heavy atom. The molecule has 0 amide bonds. The molecule has 1 aliphatic heterocycles. The number of hydrogen-bond acceptors (Lipinski definition) is 3. The van der Waals surface area contributed by atoms with E-state index in [1.807, 2.05) is 13.8 Å². The van der Waals surface area contributed by atoms with E-state index in [0.29, 0.717) is 0 Å². The smallest absolute Gasteiger partial charge is 0.0839 e. The first-order valence-corrected chi connectivity index (χ1v) is 5.20. The van der Waals surface area contributed by atoms with Crippen molar-refractivity contribution in [3.63, 3.8) is 0 Å². The Labute approximate surface area is 79.7 Å². The Kier molecular flexibility index (Phi) is 4.16. The predicted molar refractivity (Wildman–Crippen MR) is 50.5 cm³/mol. The van der Waals surface area contributed by atoms with E-state index in [1.54, 1.807) is 0 Å². The van der Waals surface area contributed by atoms with E-state index in [2.05, 4.69) is 0 Å². The maximum absolute atomic E-state index is 9.52. The van der Waals surface area contributed by atoms with E-state index in [0.717, 1.165) is 25.7 Å². The zero-order chi connectivity index (χ0) is 9.84. The maximum Gasteiger partial charge on any atom is 0.0839 e. The number of aliphatic hydroxyl groups excluding tert-OH is 2. The zero-order valence-corrected chi connectivity index (χ0v) is 8.44. The van der Waals surface area contributed by atoms with Crippen LogP contribution in [0, 0.1) is 0 Å². The summed E-state index contributed by atoms with van der Waals surface area (Å²) in [5, 5.41) is 19.0. The van der Waals surface area contributed by atoms with Crippen molar-refractivity contribution in [1.82, 2.24) is 0 Å². The lowest BCUT2D eigenvalue weighted by atomic mass is 10.1. The van der Waals surface area contributed by atoms with Gasteiger partial charge in [-0.15, -0.1) is 0 Å². The number of hydrogen-bond donors (Lipinski definition) is 2. The molecule has 1 rings (SSSR count). The number of aliphatic hydroxyl groups is 2. The Morgan fingerprint density at radius 2 is 1.46 bits per heavy atom. The van der Waals surface area contributed by atoms with Crippen molar-refractivity contribution in [2.24, 2.45) is 0 Å². The van der Waals surface area contributed by atoms with Crippen LogP contribution in [-0.4, -0.2) is 34.6 Å². The van der Waals surface area contributed by atoms with Crippen molar-refractivity contribution in [3.05, 3.63) is 0 Å². The fraction of sp³-hybridized carbons (Fsp3) is 1.00. The average Bonchev–Trinajstić information content (AvgIpc) is 2.64. The number of ether oxygens (including phenoxy) is 1. The van der Waals surface area contributed by atoms with Gasteiger partial charge in [0.1, 0.15) is 0 Å². The number of rotatable bonds is 4. The van der Waals surface area contributed by atoms with Crippen molar-refractivity contribution < 1.29 is 14.9 Å². The largest absolute Gasteiger partial charge is 0.390 e. The average molecular weight is 188 g/mol. The minimum atomic E-state index is -0.367. The van der Waals surface area contributed by atoms with Gasteiger partial charge in [0.2, 0.25) is 0 Å². The lowest BCUT2D eigenvalue weighted by molar-refractivity contribution is -0.0756. The summed E-state index contributed by atoms with van der Waals surface area (Å²) < 4.78 is 5.57. The third-order valence-corrected chi connectivity index (χ3v) is 2.78. The van der Waals surface area contributed by atoms with Gasteiger partial charge in [-0.2, -0.15) is 0 Å². The Balaban J connectivity index is 2.35. The van der Waals surface area contributed by atoms with Crippen molar-refractivity contribution in [1.29, 1.82) is 0 Å². The monoisotopic (exact) mass is 188 g/mol. The minimum absolute atomic E-state index is 0.0591. The quantitative estimate of drug-likeness (QED) is 0.694. The van der Waals surface area contributed by atoms with E-state index in [4.69, 9.17) is 4.74 Å². The molecule has 1 fully saturated rings. The molecule has 3 heteroatoms. The van der Waals surface area contributed by atoms with E-state index < -0.39 is 0 Å². The Morgan fingerprint density at radius 1 is 1.08 bits per heavy atom. The summed E-state index contributed by atoms with van der Waals surface area (Å²) >= 11 is 0. The summed E-state index contributed by atoms with van der Waals surface area (Å²) in [6.45, 7) is 3.88. The van der Waals surface area contributed by atoms with Gasteiger partial charge in [0.15, 0.2) is 0 Å². The van der Waals surface area contributed by atoms with E-state index in [9.17, 15) is 10.2 Å². The molecule has 0 spiro atoms. The van der Waals surface area contributed by atoms with Gasteiger partial charge >= 0.3 is 0 Å². The SMILES string of the molecule is CC[C@@H](O)[C@H]1CC[C@H]([C@H](O)CC)O1. The molecule has 0 aliphatic carbocycles. The van der Waals surface area contributed by atoms with Gasteiger partial charge in [-0.05, 0) is 25.7 Å². The molecule has 0 bridgehead atoms. The molecular weight excluding hydrogens is 168 g/mol. The van der Waals surface area contributed by atoms with Crippen LogP contribution in [0.4, 0.5) is 0 Å². The summed E-state index contributed by atoms with van der Waals surface area (Å²) in [7, 11) is 0. The standard InChI is InChI=1S/C10H20O3/c1-3-7(11)9-5-6-10(13-9)8(12)4-2/h7-12H,3-6H2,1-2H3/t7-,8-,9-,10-/m1/s1. The van der Waals surface area contributed by atoms with E-state index in [1.165, 1.54) is 0 Å². The third kappa shape index (κ3) is 2.66. The molecular formula is C10H20O3. The van der Waals surface area contributed by atoms with Gasteiger partial charge in [0, 0.05) is 0 Å². The first kappa shape index (κ1) is 11.0. The maximum atomic E-state index is 9.52. The van der Waals surface area contributed by atoms with Crippen molar-refractivity contribution in [2.75, 3.05) is 0 Å². The highest BCUT2D eigenvalue weighted by atomic mass is 16.5. The molecule has 1 saturated heterocycles. The molecule has 0 aromatic heterocycles. The molecule has 0 saturated carbocycles. The molecule has 2 N–H and O–H groups in total. The molecule has 0 aromatic carbocycles. The van der Waals surface area contributed by atoms with Crippen LogP contribution in [0.2, 0.25) is 0 Å². The topological polar surface area (TPSA) is 49.7 Å². The van der Waals surface area contributed by atoms with Crippen LogP contribution >= 0.6 is 0 Å². The van der Waals surface area contributed by atoms with Crippen LogP contribution in [0.25, 0.3) is 0 Å². The molecule has 0 aromatic rings. The van der Waals surface area contributed by atoms with Gasteiger partial charge in [-0.1, -0.05) is 13.8 Å². The second-order valence-electron chi connectivity index (χ2n) is 3.74. The van der Waals surface area contributed by atoms with E-state index in [-0.39, 0.29) is 24.4 Å². The van der Waals surface area contributed by atoms with Gasteiger partial charge in [-0.25, -0.2) is 0 Å². The summed E-state index contributed by atoms with van der Waals surface area (Å²) in [5.74, 6) is 0. The van der Waals surface area contributed by atoms with Crippen LogP contribution in [-0.2, 0) is 4.74 Å². The van der Waals surface area contributed by atoms with Crippen molar-refractivity contribution in [3.8, 4) is 0 Å². The van der Waals surface area contributed by atoms with Crippen LogP contribution in [0.5, 0.6) is 0 Å². The second-order valence-corrected chi connectivity index (χ2v) is 3.74. The molecule has 0 unspecified atom stereocenters. The van der Waals surface area contributed by atoms with Crippen molar-refractivity contribution >= 4 is 0 Å². The highest BCUT2D eigenvalue weighted by molar-refractivity contribution is 4.82. The molecule has 0 radical (unpaired) electrons. The lowest BCUT2D eigenvalue weighted by Gasteiger charge is -2.20. The Bertz CT molecular complexity index is 133. The van der Waals surface area contributed by atoms with Crippen LogP contribution < -0.4 is 0 Å². The van der Waals surface area contributed by atoms with Crippen LogP contribution in [0.3, 0.4) is 0 Å².